The van der Waals surface area contributed by atoms with E-state index in [-0.39, 0.29) is 23.9 Å². The average Bonchev–Trinajstić information content (AvgIpc) is 2.71. The highest BCUT2D eigenvalue weighted by Crippen LogP contribution is 2.17. The average molecular weight is 427 g/mol. The first kappa shape index (κ1) is 25.1. The lowest BCUT2D eigenvalue weighted by Gasteiger charge is -2.11. The predicted molar refractivity (Wildman–Crippen MR) is 132 cm³/mol. The molecule has 0 spiro atoms. The van der Waals surface area contributed by atoms with Crippen molar-refractivity contribution in [3.63, 3.8) is 0 Å². The molecule has 0 aliphatic rings. The highest BCUT2D eigenvalue weighted by atomic mass is 35.5. The van der Waals surface area contributed by atoms with Crippen molar-refractivity contribution in [3.05, 3.63) is 83.1 Å². The molecule has 30 heavy (non-hydrogen) atoms. The fourth-order valence-corrected chi connectivity index (χ4v) is 2.80. The molecule has 0 atom stereocenters. The summed E-state index contributed by atoms with van der Waals surface area (Å²) in [6, 6.07) is 15.9. The maximum atomic E-state index is 12.5. The van der Waals surface area contributed by atoms with Crippen molar-refractivity contribution in [2.75, 3.05) is 38.0 Å². The molecule has 0 saturated carbocycles. The number of halogens is 1. The summed E-state index contributed by atoms with van der Waals surface area (Å²) in [5.41, 5.74) is 4.50. The van der Waals surface area contributed by atoms with Crippen molar-refractivity contribution in [3.8, 4) is 0 Å². The van der Waals surface area contributed by atoms with Crippen LogP contribution in [-0.4, -0.2) is 39.1 Å². The van der Waals surface area contributed by atoms with Gasteiger partial charge in [0.1, 0.15) is 5.76 Å². The second-order valence-electron chi connectivity index (χ2n) is 7.22. The van der Waals surface area contributed by atoms with Crippen LogP contribution >= 0.6 is 12.4 Å². The summed E-state index contributed by atoms with van der Waals surface area (Å²) < 4.78 is 0. The largest absolute Gasteiger partial charge is 0.508 e. The van der Waals surface area contributed by atoms with Crippen molar-refractivity contribution >= 4 is 41.7 Å². The van der Waals surface area contributed by atoms with E-state index in [9.17, 15) is 9.90 Å². The first-order chi connectivity index (χ1) is 13.8. The molecule has 0 aliphatic carbocycles. The number of ketones is 1. The third kappa shape index (κ3) is 7.12. The number of anilines is 2. The van der Waals surface area contributed by atoms with Crippen LogP contribution in [0.2, 0.25) is 0 Å². The molecular formula is C25H31ClN2O2. The second kappa shape index (κ2) is 11.9. The molecule has 5 heteroatoms. The fourth-order valence-electron chi connectivity index (χ4n) is 2.80. The molecule has 2 rings (SSSR count). The molecule has 4 nitrogen and oxygen atoms in total. The zero-order chi connectivity index (χ0) is 21.4. The van der Waals surface area contributed by atoms with Gasteiger partial charge in [0.25, 0.3) is 0 Å². The Labute approximate surface area is 186 Å². The molecule has 0 aliphatic heterocycles. The van der Waals surface area contributed by atoms with Crippen molar-refractivity contribution in [1.29, 1.82) is 0 Å². The van der Waals surface area contributed by atoms with Crippen LogP contribution in [0.3, 0.4) is 0 Å². The van der Waals surface area contributed by atoms with E-state index in [0.29, 0.717) is 12.0 Å². The number of hydrogen-bond donors (Lipinski definition) is 1. The standard InChI is InChI=1S/C25H30N2O2.ClH/c1-6-23(24(28)17-11-19-7-13-21(14-8-19)26(2)3)25(29)18-12-20-9-15-22(16-10-20)27(4)5;/h7-18,28H,6H2,1-5H3;1H/b17-11+,18-12+,24-23-;. The number of carbonyl (C=O) groups is 1. The van der Waals surface area contributed by atoms with Gasteiger partial charge in [-0.3, -0.25) is 4.79 Å². The summed E-state index contributed by atoms with van der Waals surface area (Å²) in [6.07, 6.45) is 7.13. The van der Waals surface area contributed by atoms with Crippen LogP contribution in [0, 0.1) is 0 Å². The number of carbonyl (C=O) groups excluding carboxylic acids is 1. The van der Waals surface area contributed by atoms with Crippen molar-refractivity contribution in [1.82, 2.24) is 0 Å². The van der Waals surface area contributed by atoms with E-state index >= 15 is 0 Å². The first-order valence-electron chi connectivity index (χ1n) is 9.69. The number of rotatable bonds is 8. The monoisotopic (exact) mass is 426 g/mol. The van der Waals surface area contributed by atoms with E-state index in [2.05, 4.69) is 0 Å². The lowest BCUT2D eigenvalue weighted by atomic mass is 10.0. The minimum Gasteiger partial charge on any atom is -0.508 e. The maximum absolute atomic E-state index is 12.5. The van der Waals surface area contributed by atoms with Gasteiger partial charge in [-0.15, -0.1) is 12.4 Å². The van der Waals surface area contributed by atoms with Crippen LogP contribution in [0.25, 0.3) is 12.2 Å². The van der Waals surface area contributed by atoms with Crippen molar-refractivity contribution in [2.45, 2.75) is 13.3 Å². The third-order valence-electron chi connectivity index (χ3n) is 4.64. The van der Waals surface area contributed by atoms with Gasteiger partial charge in [0.2, 0.25) is 0 Å². The van der Waals surface area contributed by atoms with E-state index in [4.69, 9.17) is 0 Å². The highest BCUT2D eigenvalue weighted by molar-refractivity contribution is 6.06. The smallest absolute Gasteiger partial charge is 0.185 e. The van der Waals surface area contributed by atoms with Gasteiger partial charge in [-0.2, -0.15) is 0 Å². The molecule has 0 heterocycles. The molecule has 160 valence electrons. The zero-order valence-corrected chi connectivity index (χ0v) is 19.1. The topological polar surface area (TPSA) is 43.8 Å². The number of hydrogen-bond acceptors (Lipinski definition) is 4. The summed E-state index contributed by atoms with van der Waals surface area (Å²) in [5.74, 6) is -0.184. The van der Waals surface area contributed by atoms with Gasteiger partial charge >= 0.3 is 0 Å². The van der Waals surface area contributed by atoms with Crippen LogP contribution < -0.4 is 9.80 Å². The minimum absolute atomic E-state index is 0. The summed E-state index contributed by atoms with van der Waals surface area (Å²) in [5, 5.41) is 10.4. The molecule has 1 N–H and O–H groups in total. The predicted octanol–water partition coefficient (Wildman–Crippen LogP) is 5.76. The van der Waals surface area contributed by atoms with Gasteiger partial charge in [-0.25, -0.2) is 0 Å². The molecule has 0 fully saturated rings. The van der Waals surface area contributed by atoms with Crippen LogP contribution in [0.1, 0.15) is 24.5 Å². The Balaban J connectivity index is 0.00000450. The van der Waals surface area contributed by atoms with E-state index in [0.717, 1.165) is 22.5 Å². The van der Waals surface area contributed by atoms with Gasteiger partial charge in [0.05, 0.1) is 0 Å². The van der Waals surface area contributed by atoms with Gasteiger partial charge < -0.3 is 14.9 Å². The van der Waals surface area contributed by atoms with Crippen LogP contribution in [0.4, 0.5) is 11.4 Å². The molecule has 0 saturated heterocycles. The first-order valence-corrected chi connectivity index (χ1v) is 9.69. The summed E-state index contributed by atoms with van der Waals surface area (Å²) in [4.78, 5) is 16.6. The van der Waals surface area contributed by atoms with Crippen molar-refractivity contribution < 1.29 is 9.90 Å². The van der Waals surface area contributed by atoms with Crippen LogP contribution in [0.15, 0.2) is 72.0 Å². The molecule has 0 bridgehead atoms. The normalized spacial score (nSPS) is 11.9. The summed E-state index contributed by atoms with van der Waals surface area (Å²) in [7, 11) is 7.95. The minimum atomic E-state index is -0.186. The number of aliphatic hydroxyl groups excluding tert-OH is 1. The number of benzene rings is 2. The second-order valence-corrected chi connectivity index (χ2v) is 7.22. The van der Waals surface area contributed by atoms with Gasteiger partial charge in [-0.1, -0.05) is 43.3 Å². The quantitative estimate of drug-likeness (QED) is 0.331. The Morgan fingerprint density at radius 3 is 1.57 bits per heavy atom. The lowest BCUT2D eigenvalue weighted by molar-refractivity contribution is -0.111. The van der Waals surface area contributed by atoms with Gasteiger partial charge in [-0.05, 0) is 54.0 Å². The Morgan fingerprint density at radius 1 is 0.800 bits per heavy atom. The van der Waals surface area contributed by atoms with Crippen LogP contribution in [0.5, 0.6) is 0 Å². The zero-order valence-electron chi connectivity index (χ0n) is 18.3. The summed E-state index contributed by atoms with van der Waals surface area (Å²) in [6.45, 7) is 1.86. The van der Waals surface area contributed by atoms with E-state index in [1.165, 1.54) is 6.08 Å². The molecule has 0 amide bonds. The Kier molecular flexibility index (Phi) is 9.93. The van der Waals surface area contributed by atoms with E-state index in [1.807, 2.05) is 93.4 Å². The fraction of sp³-hybridized carbons (Fsp3) is 0.240. The SMILES string of the molecule is CC/C(C(=O)/C=C/c1ccc(N(C)C)cc1)=C(O)\C=C\c1ccc(N(C)C)cc1.Cl. The molecule has 0 unspecified atom stereocenters. The Morgan fingerprint density at radius 2 is 1.20 bits per heavy atom. The van der Waals surface area contributed by atoms with E-state index in [1.54, 1.807) is 18.2 Å². The maximum Gasteiger partial charge on any atom is 0.185 e. The molecule has 0 aromatic heterocycles. The molecule has 0 radical (unpaired) electrons. The van der Waals surface area contributed by atoms with E-state index < -0.39 is 0 Å². The number of allylic oxidation sites excluding steroid dienone is 3. The van der Waals surface area contributed by atoms with Gasteiger partial charge in [0, 0.05) is 45.1 Å². The van der Waals surface area contributed by atoms with Gasteiger partial charge in [0.15, 0.2) is 5.78 Å². The third-order valence-corrected chi connectivity index (χ3v) is 4.64. The summed E-state index contributed by atoms with van der Waals surface area (Å²) >= 11 is 0. The molecule has 2 aromatic carbocycles. The van der Waals surface area contributed by atoms with Crippen LogP contribution in [-0.2, 0) is 4.79 Å². The Bertz CT molecular complexity index is 909. The Hall–Kier alpha value is -2.98. The molecular weight excluding hydrogens is 396 g/mol. The highest BCUT2D eigenvalue weighted by Gasteiger charge is 2.09. The van der Waals surface area contributed by atoms with Crippen molar-refractivity contribution in [2.24, 2.45) is 0 Å². The lowest BCUT2D eigenvalue weighted by Crippen LogP contribution is -2.07. The number of aliphatic hydroxyl groups is 1. The number of nitrogens with zero attached hydrogens (tertiary/aromatic N) is 2. The molecule has 2 aromatic rings.